The fraction of sp³-hybridized carbons (Fsp3) is 1.00. The van der Waals surface area contributed by atoms with Crippen molar-refractivity contribution in [1.29, 1.82) is 0 Å². The van der Waals surface area contributed by atoms with Crippen LogP contribution in [0.15, 0.2) is 0 Å². The highest BCUT2D eigenvalue weighted by atomic mass is 19.4. The molecule has 1 N–H and O–H groups in total. The van der Waals surface area contributed by atoms with E-state index in [1.165, 1.54) is 4.74 Å². The molecule has 2 atom stereocenters. The van der Waals surface area contributed by atoms with E-state index >= 15 is 0 Å². The molecule has 0 amide bonds. The Kier molecular flexibility index (Phi) is 7.34. The Labute approximate surface area is 152 Å². The number of halogens is 17. The van der Waals surface area contributed by atoms with Gasteiger partial charge in [0.2, 0.25) is 0 Å². The predicted molar refractivity (Wildman–Crippen MR) is 54.6 cm³/mol. The van der Waals surface area contributed by atoms with E-state index in [9.17, 15) is 74.6 Å². The van der Waals surface area contributed by atoms with Crippen molar-refractivity contribution in [3.8, 4) is 0 Å². The van der Waals surface area contributed by atoms with Gasteiger partial charge in [0.15, 0.2) is 0 Å². The van der Waals surface area contributed by atoms with Crippen LogP contribution in [0.2, 0.25) is 0 Å². The fourth-order valence-electron chi connectivity index (χ4n) is 1.35. The molecule has 3 nitrogen and oxygen atoms in total. The molecule has 30 heavy (non-hydrogen) atoms. The Morgan fingerprint density at radius 3 is 1.17 bits per heavy atom. The van der Waals surface area contributed by atoms with Crippen LogP contribution in [0, 0.1) is 0 Å². The van der Waals surface area contributed by atoms with Gasteiger partial charge in [0.05, 0.1) is 0 Å². The molecule has 0 heterocycles. The van der Waals surface area contributed by atoms with Crippen molar-refractivity contribution in [2.75, 3.05) is 6.61 Å². The van der Waals surface area contributed by atoms with E-state index in [0.29, 0.717) is 0 Å². The molecule has 0 aromatic rings. The zero-order valence-electron chi connectivity index (χ0n) is 13.1. The van der Waals surface area contributed by atoms with E-state index < -0.39 is 61.4 Å². The maximum Gasteiger partial charge on any atom is 0.462 e. The number of ether oxygens (including phenoxy) is 2. The molecule has 0 aliphatic heterocycles. The fourth-order valence-corrected chi connectivity index (χ4v) is 1.35. The summed E-state index contributed by atoms with van der Waals surface area (Å²) in [6.45, 7) is -2.15. The second-order valence-corrected chi connectivity index (χ2v) is 5.10. The molecule has 0 aliphatic rings. The van der Waals surface area contributed by atoms with Crippen molar-refractivity contribution in [2.24, 2.45) is 0 Å². The topological polar surface area (TPSA) is 38.7 Å². The van der Waals surface area contributed by atoms with Gasteiger partial charge in [0.1, 0.15) is 0 Å². The molecule has 20 heteroatoms. The van der Waals surface area contributed by atoms with Gasteiger partial charge in [-0.05, 0) is 0 Å². The molecule has 2 unspecified atom stereocenters. The smallest absolute Gasteiger partial charge is 0.396 e. The Morgan fingerprint density at radius 1 is 0.500 bits per heavy atom. The summed E-state index contributed by atoms with van der Waals surface area (Å²) in [5.41, 5.74) is 0. The summed E-state index contributed by atoms with van der Waals surface area (Å²) in [6, 6.07) is 0. The number of hydrogen-bond acceptors (Lipinski definition) is 3. The second-order valence-electron chi connectivity index (χ2n) is 5.10. The number of hydrogen-bond donors (Lipinski definition) is 1. The zero-order chi connectivity index (χ0) is 24.8. The monoisotopic (exact) mass is 496 g/mol. The number of rotatable bonds is 8. The first-order valence-corrected chi connectivity index (χ1v) is 6.45. The third-order valence-electron chi connectivity index (χ3n) is 2.88. The molecular formula is C10H5F17O3. The van der Waals surface area contributed by atoms with Crippen LogP contribution in [0.5, 0.6) is 0 Å². The quantitative estimate of drug-likeness (QED) is 0.468. The molecule has 0 aromatic heterocycles. The molecule has 0 bridgehead atoms. The molecule has 182 valence electrons. The van der Waals surface area contributed by atoms with Gasteiger partial charge in [0, 0.05) is 13.0 Å². The SMILES string of the molecule is OCCC(F)(OC(F)(F)C(F)(OC(F)(F)C(F)(F)C(F)(F)F)C(F)(F)F)C(F)(F)F. The van der Waals surface area contributed by atoms with Crippen LogP contribution in [0.1, 0.15) is 6.42 Å². The minimum absolute atomic E-state index is 1.32. The summed E-state index contributed by atoms with van der Waals surface area (Å²) in [6.07, 6.45) is -40.4. The van der Waals surface area contributed by atoms with Crippen LogP contribution in [-0.4, -0.2) is 60.1 Å². The van der Waals surface area contributed by atoms with Gasteiger partial charge in [-0.2, -0.15) is 70.2 Å². The highest BCUT2D eigenvalue weighted by Crippen LogP contribution is 2.56. The predicted octanol–water partition coefficient (Wildman–Crippen LogP) is 5.24. The van der Waals surface area contributed by atoms with Crippen LogP contribution in [-0.2, 0) is 9.47 Å². The van der Waals surface area contributed by atoms with E-state index in [2.05, 4.69) is 0 Å². The Bertz CT molecular complexity index is 592. The average Bonchev–Trinajstić information content (AvgIpc) is 2.42. The number of aliphatic hydroxyl groups excluding tert-OH is 1. The number of aliphatic hydroxyl groups is 1. The zero-order valence-corrected chi connectivity index (χ0v) is 13.1. The van der Waals surface area contributed by atoms with Crippen LogP contribution in [0.4, 0.5) is 74.6 Å². The lowest BCUT2D eigenvalue weighted by Crippen LogP contribution is -2.67. The highest BCUT2D eigenvalue weighted by Gasteiger charge is 2.85. The minimum Gasteiger partial charge on any atom is -0.396 e. The average molecular weight is 496 g/mol. The molecule has 0 fully saturated rings. The van der Waals surface area contributed by atoms with Gasteiger partial charge in [-0.15, -0.1) is 0 Å². The van der Waals surface area contributed by atoms with Gasteiger partial charge >= 0.3 is 48.4 Å². The van der Waals surface area contributed by atoms with E-state index in [1.54, 1.807) is 0 Å². The molecule has 0 aliphatic carbocycles. The Hall–Kier alpha value is -1.31. The molecule has 0 radical (unpaired) electrons. The first-order chi connectivity index (χ1) is 12.7. The highest BCUT2D eigenvalue weighted by molar-refractivity contribution is 4.94. The molecule has 0 saturated carbocycles. The van der Waals surface area contributed by atoms with Crippen molar-refractivity contribution in [2.45, 2.75) is 54.8 Å². The third-order valence-corrected chi connectivity index (χ3v) is 2.88. The summed E-state index contributed by atoms with van der Waals surface area (Å²) in [5.74, 6) is -21.8. The van der Waals surface area contributed by atoms with E-state index in [-0.39, 0.29) is 0 Å². The van der Waals surface area contributed by atoms with Crippen molar-refractivity contribution >= 4 is 0 Å². The molecular weight excluding hydrogens is 491 g/mol. The Morgan fingerprint density at radius 2 is 0.900 bits per heavy atom. The summed E-state index contributed by atoms with van der Waals surface area (Å²) in [7, 11) is 0. The molecule has 0 rings (SSSR count). The lowest BCUT2D eigenvalue weighted by molar-refractivity contribution is -0.552. The van der Waals surface area contributed by atoms with E-state index in [1.807, 2.05) is 4.74 Å². The third kappa shape index (κ3) is 4.94. The summed E-state index contributed by atoms with van der Waals surface area (Å²) >= 11 is 0. The van der Waals surface area contributed by atoms with Crippen molar-refractivity contribution < 1.29 is 89.2 Å². The van der Waals surface area contributed by atoms with Crippen molar-refractivity contribution in [1.82, 2.24) is 0 Å². The van der Waals surface area contributed by atoms with Crippen LogP contribution < -0.4 is 0 Å². The molecule has 0 spiro atoms. The summed E-state index contributed by atoms with van der Waals surface area (Å²) in [4.78, 5) is 0. The van der Waals surface area contributed by atoms with E-state index in [0.717, 1.165) is 0 Å². The maximum atomic E-state index is 13.7. The minimum atomic E-state index is -7.89. The number of alkyl halides is 17. The van der Waals surface area contributed by atoms with E-state index in [4.69, 9.17) is 5.11 Å². The van der Waals surface area contributed by atoms with Crippen LogP contribution >= 0.6 is 0 Å². The first kappa shape index (κ1) is 28.7. The second kappa shape index (κ2) is 7.68. The summed E-state index contributed by atoms with van der Waals surface area (Å²) in [5, 5.41) is 8.15. The Balaban J connectivity index is 6.52. The standard InChI is InChI=1S/C10H5F17O3/c11-3(1-2-28,6(15,16)17)29-10(26,27)5(14,8(21,22)23)30-9(24,25)4(12,13)7(18,19)20/h28H,1-2H2. The summed E-state index contributed by atoms with van der Waals surface area (Å²) < 4.78 is 218. The first-order valence-electron chi connectivity index (χ1n) is 6.45. The van der Waals surface area contributed by atoms with Crippen LogP contribution in [0.25, 0.3) is 0 Å². The normalized spacial score (nSPS) is 19.4. The lowest BCUT2D eigenvalue weighted by Gasteiger charge is -2.40. The van der Waals surface area contributed by atoms with Crippen molar-refractivity contribution in [3.05, 3.63) is 0 Å². The van der Waals surface area contributed by atoms with Crippen LogP contribution in [0.3, 0.4) is 0 Å². The van der Waals surface area contributed by atoms with Gasteiger partial charge in [0.25, 0.3) is 0 Å². The molecule has 0 aromatic carbocycles. The molecule has 0 saturated heterocycles. The van der Waals surface area contributed by atoms with Gasteiger partial charge in [-0.3, -0.25) is 9.47 Å². The van der Waals surface area contributed by atoms with Gasteiger partial charge in [-0.25, -0.2) is 4.39 Å². The van der Waals surface area contributed by atoms with Crippen molar-refractivity contribution in [3.63, 3.8) is 0 Å². The lowest BCUT2D eigenvalue weighted by atomic mass is 10.2. The largest absolute Gasteiger partial charge is 0.462 e. The van der Waals surface area contributed by atoms with Gasteiger partial charge in [-0.1, -0.05) is 0 Å². The van der Waals surface area contributed by atoms with Gasteiger partial charge < -0.3 is 5.11 Å². The maximum absolute atomic E-state index is 13.7.